The normalized spacial score (nSPS) is 23.3. The maximum Gasteiger partial charge on any atom is 0 e. The van der Waals surface area contributed by atoms with E-state index >= 15 is 0 Å². The van der Waals surface area contributed by atoms with Crippen LogP contribution in [-0.2, 0) is 20.0 Å². The third kappa shape index (κ3) is 3.41. The zero-order valence-corrected chi connectivity index (χ0v) is 23.9. The van der Waals surface area contributed by atoms with Crippen molar-refractivity contribution in [2.45, 2.75) is 42.4 Å². The molecule has 0 N–H and O–H groups in total. The van der Waals surface area contributed by atoms with Crippen molar-refractivity contribution in [3.8, 4) is 0 Å². The number of rotatable bonds is 4. The first-order valence-corrected chi connectivity index (χ1v) is 19.1. The van der Waals surface area contributed by atoms with E-state index < -0.39 is 20.0 Å². The zero-order chi connectivity index (χ0) is 17.0. The molecule has 2 aromatic rings. The monoisotopic (exact) mass is 748 g/mol. The Morgan fingerprint density at radius 3 is 1.48 bits per heavy atom. The zero-order valence-electron chi connectivity index (χ0n) is 16.0. The molecule has 1 aliphatic heterocycles. The molecule has 2 atom stereocenters. The van der Waals surface area contributed by atoms with E-state index in [1.54, 1.807) is 30.6 Å². The van der Waals surface area contributed by atoms with E-state index in [2.05, 4.69) is 74.5 Å². The Labute approximate surface area is 202 Å². The first-order valence-electron chi connectivity index (χ1n) is 9.87. The molecular formula is C24H26HfI2. The summed E-state index contributed by atoms with van der Waals surface area (Å²) in [5.41, 5.74) is 9.89. The van der Waals surface area contributed by atoms with Gasteiger partial charge in [0, 0.05) is 48.0 Å². The van der Waals surface area contributed by atoms with Crippen LogP contribution in [0.3, 0.4) is 0 Å². The van der Waals surface area contributed by atoms with Gasteiger partial charge in [-0.3, -0.25) is 0 Å². The fourth-order valence-electron chi connectivity index (χ4n) is 5.63. The van der Waals surface area contributed by atoms with Gasteiger partial charge in [0.05, 0.1) is 0 Å². The first kappa shape index (κ1) is 21.9. The third-order valence-corrected chi connectivity index (χ3v) is 25.9. The van der Waals surface area contributed by atoms with Crippen LogP contribution in [0.1, 0.15) is 56.3 Å². The smallest absolute Gasteiger partial charge is 0 e. The average molecular weight is 747 g/mol. The Hall–Kier alpha value is 0.250. The summed E-state index contributed by atoms with van der Waals surface area (Å²) in [6.07, 6.45) is 7.52. The van der Waals surface area contributed by atoms with Gasteiger partial charge in [-0.15, -0.1) is 0 Å². The molecule has 0 amide bonds. The molecule has 0 aromatic heterocycles. The van der Waals surface area contributed by atoms with Crippen molar-refractivity contribution in [2.75, 3.05) is 0 Å². The molecule has 1 saturated heterocycles. The molecule has 140 valence electrons. The van der Waals surface area contributed by atoms with Gasteiger partial charge in [0.15, 0.2) is 0 Å². The summed E-state index contributed by atoms with van der Waals surface area (Å²) >= 11 is -2.47. The van der Waals surface area contributed by atoms with E-state index in [1.165, 1.54) is 24.0 Å². The van der Waals surface area contributed by atoms with Crippen LogP contribution < -0.4 is 0 Å². The van der Waals surface area contributed by atoms with Crippen molar-refractivity contribution in [1.29, 1.82) is 0 Å². The number of benzene rings is 2. The molecule has 2 aromatic carbocycles. The van der Waals surface area contributed by atoms with E-state index in [4.69, 9.17) is 0 Å². The molecule has 5 rings (SSSR count). The Morgan fingerprint density at radius 2 is 1.11 bits per heavy atom. The van der Waals surface area contributed by atoms with Gasteiger partial charge in [-0.05, 0) is 0 Å². The van der Waals surface area contributed by atoms with Crippen LogP contribution in [0.5, 0.6) is 0 Å². The maximum absolute atomic E-state index is 2.54. The molecule has 27 heavy (non-hydrogen) atoms. The second-order valence-corrected chi connectivity index (χ2v) is 24.6. The summed E-state index contributed by atoms with van der Waals surface area (Å²) in [6, 6.07) is 18.5. The van der Waals surface area contributed by atoms with E-state index in [1.807, 2.05) is 0 Å². The van der Waals surface area contributed by atoms with Crippen molar-refractivity contribution in [3.63, 3.8) is 0 Å². The quantitative estimate of drug-likeness (QED) is 0.217. The molecule has 0 nitrogen and oxygen atoms in total. The van der Waals surface area contributed by atoms with Crippen LogP contribution in [0.25, 0.3) is 12.2 Å². The Morgan fingerprint density at radius 1 is 0.704 bits per heavy atom. The number of halogens is 2. The summed E-state index contributed by atoms with van der Waals surface area (Å²) in [5.74, 6) is 0. The minimum absolute atomic E-state index is 0. The van der Waals surface area contributed by atoms with E-state index in [-0.39, 0.29) is 48.0 Å². The minimum Gasteiger partial charge on any atom is 0 e. The summed E-state index contributed by atoms with van der Waals surface area (Å²) in [5, 5.41) is 0. The number of allylic oxidation sites excluding steroid dienone is 2. The maximum atomic E-state index is 2.54. The van der Waals surface area contributed by atoms with E-state index in [0.717, 1.165) is 7.35 Å². The van der Waals surface area contributed by atoms with Crippen molar-refractivity contribution in [3.05, 3.63) is 81.9 Å². The molecule has 1 fully saturated rings. The van der Waals surface area contributed by atoms with Gasteiger partial charge in [0.2, 0.25) is 0 Å². The average Bonchev–Trinajstić information content (AvgIpc) is 3.20. The second kappa shape index (κ2) is 8.55. The van der Waals surface area contributed by atoms with Crippen molar-refractivity contribution in [1.82, 2.24) is 0 Å². The molecule has 3 aliphatic rings. The fraction of sp³-hybridized carbons (Fsp3) is 0.333. The van der Waals surface area contributed by atoms with Crippen molar-refractivity contribution in [2.24, 2.45) is 0 Å². The van der Waals surface area contributed by atoms with Gasteiger partial charge >= 0.3 is 156 Å². The van der Waals surface area contributed by atoms with Gasteiger partial charge in [-0.25, -0.2) is 0 Å². The van der Waals surface area contributed by atoms with Crippen LogP contribution in [0.15, 0.2) is 59.7 Å². The SMILES string of the molecule is CCC1=Cc2ccccc2[CH]1[Hf]1([CH]2C(CC)=Cc3ccccc32)[CH2][CH2]1.[I].[I]. The number of hydrogen-bond donors (Lipinski definition) is 0. The molecule has 0 saturated carbocycles. The second-order valence-electron chi connectivity index (χ2n) is 8.00. The summed E-state index contributed by atoms with van der Waals surface area (Å²) < 4.78 is 4.83. The standard InChI is InChI=1S/2C11H11.C2H4.Hf.2I/c2*1-2-9-7-10-5-3-4-6-11(10)8-9;1-2;;;/h2*3-8H,2H2,1H3;1-2H2;;;. The summed E-state index contributed by atoms with van der Waals surface area (Å²) in [4.78, 5) is 0. The van der Waals surface area contributed by atoms with Crippen LogP contribution >= 0.6 is 48.0 Å². The molecule has 1 heterocycles. The van der Waals surface area contributed by atoms with Crippen LogP contribution in [-0.4, -0.2) is 0 Å². The van der Waals surface area contributed by atoms with Crippen LogP contribution in [0, 0.1) is 0 Å². The molecular weight excluding hydrogens is 721 g/mol. The van der Waals surface area contributed by atoms with E-state index in [0.29, 0.717) is 0 Å². The predicted molar refractivity (Wildman–Crippen MR) is 133 cm³/mol. The van der Waals surface area contributed by atoms with Gasteiger partial charge in [0.1, 0.15) is 0 Å². The third-order valence-electron chi connectivity index (χ3n) is 6.83. The minimum atomic E-state index is -2.47. The van der Waals surface area contributed by atoms with Gasteiger partial charge < -0.3 is 0 Å². The van der Waals surface area contributed by atoms with Crippen LogP contribution in [0.4, 0.5) is 0 Å². The summed E-state index contributed by atoms with van der Waals surface area (Å²) in [7, 11) is 0. The van der Waals surface area contributed by atoms with Gasteiger partial charge in [-0.2, -0.15) is 0 Å². The topological polar surface area (TPSA) is 0 Å². The molecule has 0 bridgehead atoms. The Balaban J connectivity index is 0.00000105. The first-order chi connectivity index (χ1) is 12.3. The molecule has 2 radical (unpaired) electrons. The van der Waals surface area contributed by atoms with Crippen LogP contribution in [0.2, 0.25) is 8.35 Å². The summed E-state index contributed by atoms with van der Waals surface area (Å²) in [6.45, 7) is 4.74. The number of fused-ring (bicyclic) bond motifs is 2. The van der Waals surface area contributed by atoms with Crippen molar-refractivity contribution < 1.29 is 20.0 Å². The fourth-order valence-corrected chi connectivity index (χ4v) is 34.2. The molecule has 3 heteroatoms. The molecule has 2 unspecified atom stereocenters. The Bertz CT molecular complexity index is 837. The molecule has 0 spiro atoms. The number of hydrogen-bond acceptors (Lipinski definition) is 0. The van der Waals surface area contributed by atoms with Crippen molar-refractivity contribution >= 4 is 60.1 Å². The molecule has 2 aliphatic carbocycles. The van der Waals surface area contributed by atoms with Gasteiger partial charge in [0.25, 0.3) is 0 Å². The van der Waals surface area contributed by atoms with E-state index in [9.17, 15) is 0 Å². The largest absolute Gasteiger partial charge is 0 e. The predicted octanol–water partition coefficient (Wildman–Crippen LogP) is 8.86. The van der Waals surface area contributed by atoms with Gasteiger partial charge in [-0.1, -0.05) is 0 Å². The Kier molecular flexibility index (Phi) is 6.95.